The molecule has 0 saturated heterocycles. The molecule has 0 unspecified atom stereocenters. The normalized spacial score (nSPS) is 12.6. The predicted octanol–water partition coefficient (Wildman–Crippen LogP) is 10.4. The summed E-state index contributed by atoms with van der Waals surface area (Å²) >= 11 is 0. The molecule has 0 N–H and O–H groups in total. The Hall–Kier alpha value is -5.41. The second-order valence-corrected chi connectivity index (χ2v) is 13.0. The Morgan fingerprint density at radius 1 is 0.457 bits per heavy atom. The van der Waals surface area contributed by atoms with Gasteiger partial charge in [0.1, 0.15) is 11.4 Å². The molecule has 0 amide bonds. The van der Waals surface area contributed by atoms with Gasteiger partial charge in [-0.1, -0.05) is 103 Å². The smallest absolute Gasteiger partial charge is 0.105 e. The maximum atomic E-state index is 5.02. The number of aromatic nitrogens is 3. The minimum absolute atomic E-state index is 0.880. The SMILES string of the molecule is Cc1cc2c(c(-c3nnnc(-c4cccc5ccccc45)c3-c3c(C)c(C)cc4c3Cc3ccccc3-4)c1C)Cc1ccccc1-2. The molecule has 0 aliphatic heterocycles. The van der Waals surface area contributed by atoms with E-state index >= 15 is 0 Å². The van der Waals surface area contributed by atoms with E-state index in [9.17, 15) is 0 Å². The molecule has 1 aromatic heterocycles. The number of aryl methyl sites for hydroxylation is 2. The summed E-state index contributed by atoms with van der Waals surface area (Å²) in [6, 6.07) is 37.5. The molecule has 0 atom stereocenters. The summed E-state index contributed by atoms with van der Waals surface area (Å²) < 4.78 is 0. The van der Waals surface area contributed by atoms with Crippen LogP contribution >= 0.6 is 0 Å². The van der Waals surface area contributed by atoms with Gasteiger partial charge < -0.3 is 0 Å². The van der Waals surface area contributed by atoms with Crippen LogP contribution in [0.3, 0.4) is 0 Å². The molecule has 2 aliphatic carbocycles. The molecule has 0 spiro atoms. The minimum atomic E-state index is 0.880. The molecule has 220 valence electrons. The van der Waals surface area contributed by atoms with Gasteiger partial charge in [-0.15, -0.1) is 10.2 Å². The molecule has 2 aliphatic rings. The van der Waals surface area contributed by atoms with E-state index in [-0.39, 0.29) is 0 Å². The molecular formula is C43H33N3. The van der Waals surface area contributed by atoms with Gasteiger partial charge in [-0.3, -0.25) is 0 Å². The fourth-order valence-electron chi connectivity index (χ4n) is 8.06. The third-order valence-corrected chi connectivity index (χ3v) is 10.6. The fourth-order valence-corrected chi connectivity index (χ4v) is 8.06. The lowest BCUT2D eigenvalue weighted by molar-refractivity contribution is 0.877. The zero-order valence-electron chi connectivity index (χ0n) is 26.6. The lowest BCUT2D eigenvalue weighted by Gasteiger charge is -2.23. The van der Waals surface area contributed by atoms with Gasteiger partial charge in [0, 0.05) is 16.7 Å². The Morgan fingerprint density at radius 2 is 0.978 bits per heavy atom. The molecule has 0 fully saturated rings. The van der Waals surface area contributed by atoms with Crippen LogP contribution in [0.5, 0.6) is 0 Å². The van der Waals surface area contributed by atoms with Gasteiger partial charge in [-0.25, -0.2) is 0 Å². The van der Waals surface area contributed by atoms with Crippen molar-refractivity contribution in [2.75, 3.05) is 0 Å². The summed E-state index contributed by atoms with van der Waals surface area (Å²) in [5, 5.41) is 16.9. The molecule has 1 heterocycles. The Kier molecular flexibility index (Phi) is 5.89. The first-order valence-corrected chi connectivity index (χ1v) is 16.1. The van der Waals surface area contributed by atoms with E-state index in [0.29, 0.717) is 0 Å². The number of hydrogen-bond donors (Lipinski definition) is 0. The average Bonchev–Trinajstić information content (AvgIpc) is 3.63. The van der Waals surface area contributed by atoms with Gasteiger partial charge >= 0.3 is 0 Å². The zero-order valence-corrected chi connectivity index (χ0v) is 26.6. The van der Waals surface area contributed by atoms with Crippen molar-refractivity contribution in [2.45, 2.75) is 40.5 Å². The van der Waals surface area contributed by atoms with Crippen molar-refractivity contribution in [2.24, 2.45) is 0 Å². The molecule has 0 bridgehead atoms. The Bertz CT molecular complexity index is 2410. The first-order chi connectivity index (χ1) is 22.5. The Labute approximate surface area is 269 Å². The molecule has 46 heavy (non-hydrogen) atoms. The maximum Gasteiger partial charge on any atom is 0.105 e. The topological polar surface area (TPSA) is 38.7 Å². The predicted molar refractivity (Wildman–Crippen MR) is 189 cm³/mol. The van der Waals surface area contributed by atoms with Crippen LogP contribution in [0.15, 0.2) is 103 Å². The summed E-state index contributed by atoms with van der Waals surface area (Å²) in [5.74, 6) is 0. The molecule has 3 nitrogen and oxygen atoms in total. The quantitative estimate of drug-likeness (QED) is 0.205. The van der Waals surface area contributed by atoms with Gasteiger partial charge in [0.2, 0.25) is 0 Å². The van der Waals surface area contributed by atoms with E-state index in [1.807, 2.05) is 0 Å². The highest BCUT2D eigenvalue weighted by atomic mass is 15.3. The number of fused-ring (bicyclic) bond motifs is 7. The molecule has 6 aromatic carbocycles. The standard InChI is InChI=1S/C43H33N3/c1-24-20-35-32-17-9-6-13-29(32)22-37(35)39(26(24)3)41-42(34-19-11-15-28-12-5-8-16-31(28)34)44-46-45-43(41)40-27(4)25(2)21-36-33-18-10-7-14-30(33)23-38(36)40/h5-21H,22-23H2,1-4H3. The van der Waals surface area contributed by atoms with Crippen LogP contribution in [-0.4, -0.2) is 15.4 Å². The summed E-state index contributed by atoms with van der Waals surface area (Å²) in [4.78, 5) is 0. The van der Waals surface area contributed by atoms with Crippen molar-refractivity contribution in [3.05, 3.63) is 148 Å². The van der Waals surface area contributed by atoms with Gasteiger partial charge in [-0.2, -0.15) is 0 Å². The lowest BCUT2D eigenvalue weighted by atomic mass is 9.82. The number of benzene rings is 6. The maximum absolute atomic E-state index is 5.02. The van der Waals surface area contributed by atoms with Crippen LogP contribution in [0.1, 0.15) is 44.5 Å². The molecular weight excluding hydrogens is 558 g/mol. The lowest BCUT2D eigenvalue weighted by Crippen LogP contribution is -2.07. The van der Waals surface area contributed by atoms with E-state index in [1.165, 1.54) is 88.7 Å². The van der Waals surface area contributed by atoms with Crippen molar-refractivity contribution >= 4 is 10.8 Å². The second-order valence-electron chi connectivity index (χ2n) is 13.0. The molecule has 3 heteroatoms. The summed E-state index contributed by atoms with van der Waals surface area (Å²) in [6.07, 6.45) is 1.76. The third kappa shape index (κ3) is 3.81. The average molecular weight is 592 g/mol. The molecule has 9 rings (SSSR count). The van der Waals surface area contributed by atoms with Crippen LogP contribution in [-0.2, 0) is 12.8 Å². The first kappa shape index (κ1) is 26.9. The highest BCUT2D eigenvalue weighted by Crippen LogP contribution is 2.51. The number of hydrogen-bond acceptors (Lipinski definition) is 3. The van der Waals surface area contributed by atoms with E-state index in [4.69, 9.17) is 10.2 Å². The van der Waals surface area contributed by atoms with Crippen molar-refractivity contribution < 1.29 is 0 Å². The highest BCUT2D eigenvalue weighted by molar-refractivity contribution is 6.04. The molecule has 0 radical (unpaired) electrons. The summed E-state index contributed by atoms with van der Waals surface area (Å²) in [5.41, 5.74) is 22.2. The van der Waals surface area contributed by atoms with Gasteiger partial charge in [0.05, 0.1) is 0 Å². The first-order valence-electron chi connectivity index (χ1n) is 16.1. The fraction of sp³-hybridized carbons (Fsp3) is 0.140. The van der Waals surface area contributed by atoms with Crippen LogP contribution in [0, 0.1) is 27.7 Å². The molecule has 0 saturated carbocycles. The van der Waals surface area contributed by atoms with Crippen LogP contribution in [0.2, 0.25) is 0 Å². The molecule has 7 aromatic rings. The van der Waals surface area contributed by atoms with Crippen molar-refractivity contribution in [1.82, 2.24) is 15.4 Å². The van der Waals surface area contributed by atoms with Gasteiger partial charge in [0.15, 0.2) is 0 Å². The van der Waals surface area contributed by atoms with Gasteiger partial charge in [0.25, 0.3) is 0 Å². The van der Waals surface area contributed by atoms with Crippen LogP contribution in [0.25, 0.3) is 66.7 Å². The Morgan fingerprint density at radius 3 is 1.67 bits per heavy atom. The van der Waals surface area contributed by atoms with Gasteiger partial charge in [-0.05, 0) is 129 Å². The van der Waals surface area contributed by atoms with Crippen LogP contribution < -0.4 is 0 Å². The monoisotopic (exact) mass is 591 g/mol. The van der Waals surface area contributed by atoms with E-state index in [1.54, 1.807) is 0 Å². The van der Waals surface area contributed by atoms with Crippen LogP contribution in [0.4, 0.5) is 0 Å². The van der Waals surface area contributed by atoms with E-state index in [0.717, 1.165) is 35.4 Å². The second kappa shape index (κ2) is 10.1. The highest BCUT2D eigenvalue weighted by Gasteiger charge is 2.32. The van der Waals surface area contributed by atoms with E-state index < -0.39 is 0 Å². The summed E-state index contributed by atoms with van der Waals surface area (Å²) in [6.45, 7) is 8.99. The van der Waals surface area contributed by atoms with Crippen molar-refractivity contribution in [1.29, 1.82) is 0 Å². The Balaban J connectivity index is 1.43. The summed E-state index contributed by atoms with van der Waals surface area (Å²) in [7, 11) is 0. The van der Waals surface area contributed by atoms with Crippen molar-refractivity contribution in [3.8, 4) is 55.9 Å². The minimum Gasteiger partial charge on any atom is -0.129 e. The third-order valence-electron chi connectivity index (χ3n) is 10.6. The number of rotatable bonds is 3. The van der Waals surface area contributed by atoms with E-state index in [2.05, 4.69) is 136 Å². The van der Waals surface area contributed by atoms with Crippen molar-refractivity contribution in [3.63, 3.8) is 0 Å². The number of nitrogens with zero attached hydrogens (tertiary/aromatic N) is 3. The zero-order chi connectivity index (χ0) is 31.1. The largest absolute Gasteiger partial charge is 0.129 e.